The van der Waals surface area contributed by atoms with Gasteiger partial charge in [0.15, 0.2) is 17.6 Å². The fourth-order valence-corrected chi connectivity index (χ4v) is 3.46. The molecule has 1 unspecified atom stereocenters. The van der Waals surface area contributed by atoms with E-state index in [0.717, 1.165) is 25.7 Å². The Morgan fingerprint density at radius 3 is 2.45 bits per heavy atom. The van der Waals surface area contributed by atoms with Crippen LogP contribution in [-0.4, -0.2) is 31.1 Å². The number of methoxy groups -OCH3 is 1. The second-order valence-corrected chi connectivity index (χ2v) is 7.29. The Morgan fingerprint density at radius 1 is 1.00 bits per heavy atom. The summed E-state index contributed by atoms with van der Waals surface area (Å²) in [7, 11) is 1.55. The summed E-state index contributed by atoms with van der Waals surface area (Å²) in [5.41, 5.74) is 1.09. The molecule has 1 aliphatic rings. The first-order valence-electron chi connectivity index (χ1n) is 10.1. The first-order valence-corrected chi connectivity index (χ1v) is 10.1. The maximum absolute atomic E-state index is 12.5. The van der Waals surface area contributed by atoms with Gasteiger partial charge in [-0.3, -0.25) is 9.59 Å². The second kappa shape index (κ2) is 9.96. The number of carbonyl (C=O) groups excluding carboxylic acids is 2. The minimum absolute atomic E-state index is 0.105. The van der Waals surface area contributed by atoms with Crippen molar-refractivity contribution in [2.75, 3.05) is 12.4 Å². The molecule has 0 heterocycles. The first-order chi connectivity index (χ1) is 14.1. The van der Waals surface area contributed by atoms with E-state index in [1.807, 2.05) is 12.1 Å². The van der Waals surface area contributed by atoms with E-state index in [2.05, 4.69) is 10.6 Å². The largest absolute Gasteiger partial charge is 0.493 e. The first kappa shape index (κ1) is 20.7. The highest BCUT2D eigenvalue weighted by Crippen LogP contribution is 2.27. The fraction of sp³-hybridized carbons (Fsp3) is 0.391. The van der Waals surface area contributed by atoms with E-state index in [1.165, 1.54) is 6.42 Å². The van der Waals surface area contributed by atoms with Crippen molar-refractivity contribution in [2.24, 2.45) is 0 Å². The van der Waals surface area contributed by atoms with E-state index in [1.54, 1.807) is 50.4 Å². The van der Waals surface area contributed by atoms with Crippen LogP contribution in [-0.2, 0) is 4.79 Å². The van der Waals surface area contributed by atoms with Gasteiger partial charge in [0, 0.05) is 17.3 Å². The highest BCUT2D eigenvalue weighted by atomic mass is 16.5. The van der Waals surface area contributed by atoms with Crippen molar-refractivity contribution >= 4 is 17.5 Å². The third-order valence-electron chi connectivity index (χ3n) is 5.07. The van der Waals surface area contributed by atoms with Crippen LogP contribution in [0.15, 0.2) is 48.5 Å². The molecule has 0 aliphatic heterocycles. The van der Waals surface area contributed by atoms with Crippen molar-refractivity contribution in [1.82, 2.24) is 5.32 Å². The van der Waals surface area contributed by atoms with Gasteiger partial charge in [-0.05, 0) is 50.1 Å². The number of carbonyl (C=O) groups is 2. The van der Waals surface area contributed by atoms with Crippen LogP contribution in [0.1, 0.15) is 49.4 Å². The van der Waals surface area contributed by atoms with Gasteiger partial charge in [-0.15, -0.1) is 0 Å². The molecule has 1 fully saturated rings. The van der Waals surface area contributed by atoms with Crippen molar-refractivity contribution in [3.8, 4) is 11.5 Å². The van der Waals surface area contributed by atoms with E-state index in [4.69, 9.17) is 9.47 Å². The lowest BCUT2D eigenvalue weighted by molar-refractivity contribution is -0.122. The van der Waals surface area contributed by atoms with Crippen molar-refractivity contribution in [3.05, 3.63) is 54.1 Å². The average Bonchev–Trinajstić information content (AvgIpc) is 2.75. The van der Waals surface area contributed by atoms with Crippen LogP contribution < -0.4 is 20.1 Å². The fourth-order valence-electron chi connectivity index (χ4n) is 3.46. The molecule has 2 aromatic carbocycles. The van der Waals surface area contributed by atoms with Gasteiger partial charge < -0.3 is 20.1 Å². The Hall–Kier alpha value is -3.02. The van der Waals surface area contributed by atoms with Gasteiger partial charge in [0.1, 0.15) is 0 Å². The molecule has 1 atom stereocenters. The molecule has 1 saturated carbocycles. The third-order valence-corrected chi connectivity index (χ3v) is 5.07. The number of nitrogens with one attached hydrogen (secondary N) is 2. The minimum atomic E-state index is -0.731. The quantitative estimate of drug-likeness (QED) is 0.737. The summed E-state index contributed by atoms with van der Waals surface area (Å²) in [5.74, 6) is 0.652. The summed E-state index contributed by atoms with van der Waals surface area (Å²) >= 11 is 0. The van der Waals surface area contributed by atoms with E-state index in [-0.39, 0.29) is 17.9 Å². The molecule has 0 radical (unpaired) electrons. The molecule has 3 rings (SSSR count). The summed E-state index contributed by atoms with van der Waals surface area (Å²) < 4.78 is 11.0. The molecular formula is C23H28N2O4. The number of hydrogen-bond donors (Lipinski definition) is 2. The van der Waals surface area contributed by atoms with Crippen LogP contribution in [0.4, 0.5) is 5.69 Å². The lowest BCUT2D eigenvalue weighted by Gasteiger charge is -2.22. The highest BCUT2D eigenvalue weighted by molar-refractivity contribution is 5.98. The lowest BCUT2D eigenvalue weighted by Crippen LogP contribution is -2.36. The molecule has 0 saturated heterocycles. The molecule has 6 heteroatoms. The zero-order valence-corrected chi connectivity index (χ0v) is 16.9. The third kappa shape index (κ3) is 5.73. The van der Waals surface area contributed by atoms with Crippen molar-refractivity contribution < 1.29 is 19.1 Å². The standard InChI is InChI=1S/C23H28N2O4/c1-16(29-21-14-7-6-13-20(21)28-2)22(26)25-19-12-8-9-17(15-19)23(27)24-18-10-4-3-5-11-18/h6-9,12-16,18H,3-5,10-11H2,1-2H3,(H,24,27)(H,25,26). The summed E-state index contributed by atoms with van der Waals surface area (Å²) in [4.78, 5) is 25.1. The number of benzene rings is 2. The molecule has 0 bridgehead atoms. The Morgan fingerprint density at radius 2 is 1.72 bits per heavy atom. The van der Waals surface area contributed by atoms with Gasteiger partial charge in [-0.2, -0.15) is 0 Å². The van der Waals surface area contributed by atoms with Gasteiger partial charge in [0.05, 0.1) is 7.11 Å². The van der Waals surface area contributed by atoms with Crippen molar-refractivity contribution in [1.29, 1.82) is 0 Å². The number of amides is 2. The molecule has 2 aromatic rings. The van der Waals surface area contributed by atoms with Gasteiger partial charge >= 0.3 is 0 Å². The summed E-state index contributed by atoms with van der Waals surface area (Å²) in [6, 6.07) is 14.4. The van der Waals surface area contributed by atoms with E-state index in [0.29, 0.717) is 22.7 Å². The normalized spacial score (nSPS) is 15.2. The van der Waals surface area contributed by atoms with Crippen LogP contribution >= 0.6 is 0 Å². The molecule has 29 heavy (non-hydrogen) atoms. The predicted octanol–water partition coefficient (Wildman–Crippen LogP) is 4.16. The predicted molar refractivity (Wildman–Crippen MR) is 112 cm³/mol. The van der Waals surface area contributed by atoms with Crippen LogP contribution in [0.25, 0.3) is 0 Å². The maximum Gasteiger partial charge on any atom is 0.265 e. The van der Waals surface area contributed by atoms with E-state index < -0.39 is 6.10 Å². The lowest BCUT2D eigenvalue weighted by atomic mass is 9.95. The molecule has 6 nitrogen and oxygen atoms in total. The van der Waals surface area contributed by atoms with Gasteiger partial charge in [-0.1, -0.05) is 37.5 Å². The highest BCUT2D eigenvalue weighted by Gasteiger charge is 2.19. The molecule has 1 aliphatic carbocycles. The maximum atomic E-state index is 12.5. The monoisotopic (exact) mass is 396 g/mol. The molecule has 2 amide bonds. The number of ether oxygens (including phenoxy) is 2. The minimum Gasteiger partial charge on any atom is -0.493 e. The smallest absolute Gasteiger partial charge is 0.265 e. The average molecular weight is 396 g/mol. The zero-order chi connectivity index (χ0) is 20.6. The molecule has 0 aromatic heterocycles. The Bertz CT molecular complexity index is 846. The summed E-state index contributed by atoms with van der Waals surface area (Å²) in [5, 5.41) is 5.91. The number of anilines is 1. The molecular weight excluding hydrogens is 368 g/mol. The van der Waals surface area contributed by atoms with Gasteiger partial charge in [0.2, 0.25) is 0 Å². The Labute approximate surface area is 171 Å². The molecule has 2 N–H and O–H groups in total. The summed E-state index contributed by atoms with van der Waals surface area (Å²) in [6.45, 7) is 1.67. The summed E-state index contributed by atoms with van der Waals surface area (Å²) in [6.07, 6.45) is 4.88. The topological polar surface area (TPSA) is 76.7 Å². The Kier molecular flexibility index (Phi) is 7.11. The number of rotatable bonds is 7. The van der Waals surface area contributed by atoms with Crippen LogP contribution in [0.5, 0.6) is 11.5 Å². The van der Waals surface area contributed by atoms with Gasteiger partial charge in [-0.25, -0.2) is 0 Å². The van der Waals surface area contributed by atoms with Crippen LogP contribution in [0.2, 0.25) is 0 Å². The molecule has 0 spiro atoms. The second-order valence-electron chi connectivity index (χ2n) is 7.29. The van der Waals surface area contributed by atoms with E-state index in [9.17, 15) is 9.59 Å². The van der Waals surface area contributed by atoms with Crippen molar-refractivity contribution in [2.45, 2.75) is 51.2 Å². The van der Waals surface area contributed by atoms with Crippen LogP contribution in [0.3, 0.4) is 0 Å². The molecule has 154 valence electrons. The number of hydrogen-bond acceptors (Lipinski definition) is 4. The van der Waals surface area contributed by atoms with Gasteiger partial charge in [0.25, 0.3) is 11.8 Å². The Balaban J connectivity index is 1.60. The van der Waals surface area contributed by atoms with Crippen molar-refractivity contribution in [3.63, 3.8) is 0 Å². The SMILES string of the molecule is COc1ccccc1OC(C)C(=O)Nc1cccc(C(=O)NC2CCCCC2)c1. The zero-order valence-electron chi connectivity index (χ0n) is 16.9. The van der Waals surface area contributed by atoms with Crippen LogP contribution in [0, 0.1) is 0 Å². The van der Waals surface area contributed by atoms with E-state index >= 15 is 0 Å². The number of para-hydroxylation sites is 2.